The number of hydrogen-bond acceptors (Lipinski definition) is 8. The van der Waals surface area contributed by atoms with Crippen LogP contribution in [0.15, 0.2) is 73.3 Å². The number of alkyl halides is 3. The van der Waals surface area contributed by atoms with Gasteiger partial charge in [0.2, 0.25) is 0 Å². The fraction of sp³-hybridized carbons (Fsp3) is 0.290. The SMILES string of the molecule is F/C(=C\c1ccc(Oc2ccccc2)c(C(F)(F)F)c1N1CCOC2(CCNCC2)C1)c1cncc(-c2ccnnc2)n1. The van der Waals surface area contributed by atoms with Crippen LogP contribution >= 0.6 is 0 Å². The highest BCUT2D eigenvalue weighted by Crippen LogP contribution is 2.48. The van der Waals surface area contributed by atoms with Crippen LogP contribution in [0.4, 0.5) is 23.2 Å². The standard InChI is InChI=1S/C31H28F4N6O2/c32-24(26-19-37-18-25(40-26)22-8-11-38-39-17-22)16-21-6-7-27(43-23-4-2-1-3-5-23)28(31(33,34)35)29(21)41-14-15-42-30(20-41)9-12-36-13-10-30/h1-8,11,16-19,36H,9-10,12-15,20H2/b24-16-. The Morgan fingerprint density at radius 1 is 1.00 bits per heavy atom. The summed E-state index contributed by atoms with van der Waals surface area (Å²) in [7, 11) is 0. The van der Waals surface area contributed by atoms with Crippen LogP contribution in [0.2, 0.25) is 0 Å². The molecule has 1 spiro atoms. The molecule has 2 aliphatic heterocycles. The topological polar surface area (TPSA) is 85.3 Å². The van der Waals surface area contributed by atoms with Crippen molar-refractivity contribution in [2.24, 2.45) is 0 Å². The fourth-order valence-electron chi connectivity index (χ4n) is 5.51. The minimum atomic E-state index is -4.81. The third-order valence-electron chi connectivity index (χ3n) is 7.55. The molecule has 2 fully saturated rings. The van der Waals surface area contributed by atoms with Crippen molar-refractivity contribution in [2.75, 3.05) is 37.7 Å². The molecule has 2 saturated heterocycles. The first-order valence-electron chi connectivity index (χ1n) is 13.8. The Bertz CT molecular complexity index is 1590. The average molecular weight is 593 g/mol. The van der Waals surface area contributed by atoms with Crippen LogP contribution in [0.3, 0.4) is 0 Å². The fourth-order valence-corrected chi connectivity index (χ4v) is 5.51. The van der Waals surface area contributed by atoms with Crippen molar-refractivity contribution in [1.29, 1.82) is 0 Å². The predicted molar refractivity (Wildman–Crippen MR) is 153 cm³/mol. The van der Waals surface area contributed by atoms with Gasteiger partial charge in [-0.1, -0.05) is 18.2 Å². The molecule has 0 bridgehead atoms. The summed E-state index contributed by atoms with van der Waals surface area (Å²) < 4.78 is 72.7. The van der Waals surface area contributed by atoms with E-state index in [1.165, 1.54) is 36.9 Å². The maximum absolute atomic E-state index is 15.9. The molecule has 2 aromatic heterocycles. The van der Waals surface area contributed by atoms with Crippen LogP contribution in [-0.2, 0) is 10.9 Å². The van der Waals surface area contributed by atoms with Crippen molar-refractivity contribution in [3.8, 4) is 22.8 Å². The van der Waals surface area contributed by atoms with Gasteiger partial charge in [-0.05, 0) is 62.3 Å². The first-order chi connectivity index (χ1) is 20.8. The Morgan fingerprint density at radius 2 is 1.81 bits per heavy atom. The largest absolute Gasteiger partial charge is 0.457 e. The molecule has 0 radical (unpaired) electrons. The number of piperidine rings is 1. The molecule has 12 heteroatoms. The van der Waals surface area contributed by atoms with E-state index in [0.29, 0.717) is 37.2 Å². The molecule has 0 saturated carbocycles. The molecule has 0 unspecified atom stereocenters. The summed E-state index contributed by atoms with van der Waals surface area (Å²) in [6.07, 6.45) is 3.16. The van der Waals surface area contributed by atoms with Crippen LogP contribution in [-0.4, -0.2) is 58.6 Å². The normalized spacial score (nSPS) is 17.2. The van der Waals surface area contributed by atoms with Crippen LogP contribution in [0.5, 0.6) is 11.5 Å². The van der Waals surface area contributed by atoms with Gasteiger partial charge < -0.3 is 19.7 Å². The van der Waals surface area contributed by atoms with Crippen molar-refractivity contribution < 1.29 is 27.0 Å². The summed E-state index contributed by atoms with van der Waals surface area (Å²) in [6.45, 7) is 2.04. The van der Waals surface area contributed by atoms with Gasteiger partial charge in [-0.15, -0.1) is 0 Å². The smallest absolute Gasteiger partial charge is 0.422 e. The molecule has 43 heavy (non-hydrogen) atoms. The number of halogens is 4. The number of morpholine rings is 1. The van der Waals surface area contributed by atoms with E-state index in [2.05, 4.69) is 25.5 Å². The second-order valence-corrected chi connectivity index (χ2v) is 10.4. The zero-order chi connectivity index (χ0) is 29.9. The molecular formula is C31H28F4N6O2. The van der Waals surface area contributed by atoms with E-state index in [-0.39, 0.29) is 48.1 Å². The molecule has 8 nitrogen and oxygen atoms in total. The molecule has 2 aliphatic rings. The number of ether oxygens (including phenoxy) is 2. The Morgan fingerprint density at radius 3 is 2.56 bits per heavy atom. The molecule has 6 rings (SSSR count). The van der Waals surface area contributed by atoms with Gasteiger partial charge >= 0.3 is 6.18 Å². The molecule has 2 aromatic carbocycles. The molecule has 1 N–H and O–H groups in total. The van der Waals surface area contributed by atoms with Gasteiger partial charge in [0.25, 0.3) is 0 Å². The first kappa shape index (κ1) is 28.7. The lowest BCUT2D eigenvalue weighted by Gasteiger charge is -2.46. The lowest BCUT2D eigenvalue weighted by Crippen LogP contribution is -2.56. The van der Waals surface area contributed by atoms with E-state index in [4.69, 9.17) is 9.47 Å². The second kappa shape index (κ2) is 12.1. The lowest BCUT2D eigenvalue weighted by molar-refractivity contribution is -0.138. The third-order valence-corrected chi connectivity index (χ3v) is 7.55. The third kappa shape index (κ3) is 6.35. The number of rotatable bonds is 6. The van der Waals surface area contributed by atoms with E-state index >= 15 is 4.39 Å². The van der Waals surface area contributed by atoms with Crippen LogP contribution < -0.4 is 15.0 Å². The van der Waals surface area contributed by atoms with Crippen molar-refractivity contribution in [1.82, 2.24) is 25.5 Å². The molecule has 0 atom stereocenters. The van der Waals surface area contributed by atoms with Gasteiger partial charge in [0, 0.05) is 24.2 Å². The maximum Gasteiger partial charge on any atom is 0.422 e. The number of aromatic nitrogens is 4. The van der Waals surface area contributed by atoms with E-state index in [9.17, 15) is 13.2 Å². The second-order valence-electron chi connectivity index (χ2n) is 10.4. The first-order valence-corrected chi connectivity index (χ1v) is 13.8. The van der Waals surface area contributed by atoms with E-state index in [1.807, 2.05) is 0 Å². The minimum absolute atomic E-state index is 0.0361. The quantitative estimate of drug-likeness (QED) is 0.266. The Balaban J connectivity index is 1.47. The van der Waals surface area contributed by atoms with Gasteiger partial charge in [0.05, 0.1) is 48.4 Å². The van der Waals surface area contributed by atoms with Gasteiger partial charge in [-0.25, -0.2) is 9.37 Å². The van der Waals surface area contributed by atoms with E-state index in [0.717, 1.165) is 6.08 Å². The lowest BCUT2D eigenvalue weighted by atomic mass is 9.89. The Kier molecular flexibility index (Phi) is 8.04. The number of nitrogens with zero attached hydrogens (tertiary/aromatic N) is 5. The number of benzene rings is 2. The zero-order valence-electron chi connectivity index (χ0n) is 23.0. The monoisotopic (exact) mass is 592 g/mol. The van der Waals surface area contributed by atoms with Crippen molar-refractivity contribution in [3.05, 3.63) is 90.1 Å². The number of nitrogens with one attached hydrogen (secondary N) is 1. The van der Waals surface area contributed by atoms with E-state index in [1.54, 1.807) is 41.3 Å². The summed E-state index contributed by atoms with van der Waals surface area (Å²) in [5.41, 5.74) is -0.934. The summed E-state index contributed by atoms with van der Waals surface area (Å²) in [4.78, 5) is 10.1. The molecule has 0 aliphatic carbocycles. The molecule has 222 valence electrons. The maximum atomic E-state index is 15.9. The minimum Gasteiger partial charge on any atom is -0.457 e. The zero-order valence-corrected chi connectivity index (χ0v) is 23.0. The van der Waals surface area contributed by atoms with Gasteiger partial charge in [0.15, 0.2) is 5.83 Å². The number of para-hydroxylation sites is 1. The molecule has 0 amide bonds. The summed E-state index contributed by atoms with van der Waals surface area (Å²) in [5.74, 6) is -0.959. The predicted octanol–water partition coefficient (Wildman–Crippen LogP) is 6.17. The molecule has 4 aromatic rings. The number of anilines is 1. The molecular weight excluding hydrogens is 564 g/mol. The average Bonchev–Trinajstić information content (AvgIpc) is 3.02. The Hall–Kier alpha value is -4.42. The highest BCUT2D eigenvalue weighted by atomic mass is 19.4. The van der Waals surface area contributed by atoms with Crippen molar-refractivity contribution in [3.63, 3.8) is 0 Å². The summed E-state index contributed by atoms with van der Waals surface area (Å²) >= 11 is 0. The van der Waals surface area contributed by atoms with Gasteiger partial charge in [0.1, 0.15) is 22.8 Å². The summed E-state index contributed by atoms with van der Waals surface area (Å²) in [5, 5.41) is 10.8. The Labute approximate surface area is 245 Å². The van der Waals surface area contributed by atoms with Gasteiger partial charge in [-0.3, -0.25) is 4.98 Å². The van der Waals surface area contributed by atoms with Crippen LogP contribution in [0.1, 0.15) is 29.7 Å². The highest BCUT2D eigenvalue weighted by molar-refractivity contribution is 5.84. The van der Waals surface area contributed by atoms with Gasteiger partial charge in [-0.2, -0.15) is 23.4 Å². The summed E-state index contributed by atoms with van der Waals surface area (Å²) in [6, 6.07) is 12.6. The highest BCUT2D eigenvalue weighted by Gasteiger charge is 2.44. The van der Waals surface area contributed by atoms with Crippen molar-refractivity contribution in [2.45, 2.75) is 24.6 Å². The van der Waals surface area contributed by atoms with E-state index < -0.39 is 23.2 Å². The number of hydrogen-bond donors (Lipinski definition) is 1. The van der Waals surface area contributed by atoms with Crippen molar-refractivity contribution >= 4 is 17.6 Å². The van der Waals surface area contributed by atoms with Crippen LogP contribution in [0.25, 0.3) is 23.2 Å². The molecule has 4 heterocycles. The van der Waals surface area contributed by atoms with Crippen LogP contribution in [0, 0.1) is 0 Å².